The molecule has 3 nitrogen and oxygen atoms in total. The standard InChI is InChI=1S/C11H15N3S/c1-8(2)12-11-13-14(3)9-6-4-5-7-10(9)15-11/h4-8H,1-3H3,(H,12,13). The number of para-hydroxylation sites is 1. The molecule has 15 heavy (non-hydrogen) atoms. The van der Waals surface area contributed by atoms with Gasteiger partial charge in [-0.05, 0) is 37.7 Å². The summed E-state index contributed by atoms with van der Waals surface area (Å²) < 4.78 is 0. The van der Waals surface area contributed by atoms with Crippen LogP contribution in [-0.2, 0) is 0 Å². The first-order chi connectivity index (χ1) is 7.16. The van der Waals surface area contributed by atoms with E-state index in [-0.39, 0.29) is 0 Å². The van der Waals surface area contributed by atoms with Crippen LogP contribution < -0.4 is 10.4 Å². The minimum Gasteiger partial charge on any atom is -0.288 e. The molecule has 1 aromatic rings. The number of hydrazine groups is 1. The van der Waals surface area contributed by atoms with E-state index in [1.807, 2.05) is 18.1 Å². The van der Waals surface area contributed by atoms with Gasteiger partial charge in [-0.2, -0.15) is 0 Å². The summed E-state index contributed by atoms with van der Waals surface area (Å²) in [7, 11) is 2.01. The molecule has 2 rings (SSSR count). The van der Waals surface area contributed by atoms with E-state index in [1.54, 1.807) is 11.8 Å². The van der Waals surface area contributed by atoms with Crippen molar-refractivity contribution in [3.05, 3.63) is 24.3 Å². The molecule has 0 aromatic heterocycles. The number of anilines is 1. The number of amidine groups is 1. The first-order valence-electron chi connectivity index (χ1n) is 5.02. The van der Waals surface area contributed by atoms with Gasteiger partial charge in [0.15, 0.2) is 5.17 Å². The Morgan fingerprint density at radius 1 is 1.33 bits per heavy atom. The van der Waals surface area contributed by atoms with Crippen LogP contribution in [0.1, 0.15) is 13.8 Å². The van der Waals surface area contributed by atoms with Crippen LogP contribution in [0.4, 0.5) is 5.69 Å². The van der Waals surface area contributed by atoms with Crippen molar-refractivity contribution in [2.24, 2.45) is 4.99 Å². The Hall–Kier alpha value is -1.16. The number of hydrogen-bond donors (Lipinski definition) is 1. The molecule has 0 saturated carbocycles. The molecule has 1 heterocycles. The number of thioether (sulfide) groups is 1. The summed E-state index contributed by atoms with van der Waals surface area (Å²) in [4.78, 5) is 5.76. The minimum atomic E-state index is 0.318. The van der Waals surface area contributed by atoms with Crippen LogP contribution in [0, 0.1) is 0 Å². The molecule has 80 valence electrons. The largest absolute Gasteiger partial charge is 0.288 e. The van der Waals surface area contributed by atoms with Gasteiger partial charge in [-0.1, -0.05) is 12.1 Å². The van der Waals surface area contributed by atoms with E-state index in [2.05, 4.69) is 42.5 Å². The quantitative estimate of drug-likeness (QED) is 0.789. The topological polar surface area (TPSA) is 27.6 Å². The molecule has 1 aliphatic heterocycles. The Bertz CT molecular complexity index is 387. The van der Waals surface area contributed by atoms with Crippen LogP contribution in [0.2, 0.25) is 0 Å². The Kier molecular flexibility index (Phi) is 2.86. The fourth-order valence-electron chi connectivity index (χ4n) is 1.44. The number of rotatable bonds is 1. The minimum absolute atomic E-state index is 0.318. The zero-order chi connectivity index (χ0) is 10.8. The normalized spacial score (nSPS) is 17.9. The monoisotopic (exact) mass is 221 g/mol. The highest BCUT2D eigenvalue weighted by Gasteiger charge is 2.17. The van der Waals surface area contributed by atoms with Crippen molar-refractivity contribution in [3.63, 3.8) is 0 Å². The second-order valence-corrected chi connectivity index (χ2v) is 4.80. The third-order valence-corrected chi connectivity index (χ3v) is 3.03. The van der Waals surface area contributed by atoms with Crippen molar-refractivity contribution in [2.45, 2.75) is 24.8 Å². The zero-order valence-corrected chi connectivity index (χ0v) is 10.0. The van der Waals surface area contributed by atoms with Crippen LogP contribution in [0.5, 0.6) is 0 Å². The van der Waals surface area contributed by atoms with Crippen molar-refractivity contribution in [1.82, 2.24) is 5.43 Å². The number of nitrogens with one attached hydrogen (secondary N) is 1. The van der Waals surface area contributed by atoms with E-state index < -0.39 is 0 Å². The molecule has 0 unspecified atom stereocenters. The van der Waals surface area contributed by atoms with E-state index in [0.29, 0.717) is 6.04 Å². The van der Waals surface area contributed by atoms with Gasteiger partial charge < -0.3 is 0 Å². The van der Waals surface area contributed by atoms with Gasteiger partial charge in [0.2, 0.25) is 0 Å². The second-order valence-electron chi connectivity index (χ2n) is 3.77. The SMILES string of the molecule is CC(C)N=C1NN(C)c2ccccc2S1. The van der Waals surface area contributed by atoms with Gasteiger partial charge in [-0.25, -0.2) is 0 Å². The fraction of sp³-hybridized carbons (Fsp3) is 0.364. The lowest BCUT2D eigenvalue weighted by molar-refractivity contribution is 0.805. The maximum atomic E-state index is 4.51. The lowest BCUT2D eigenvalue weighted by atomic mass is 10.3. The molecule has 1 N–H and O–H groups in total. The molecule has 0 radical (unpaired) electrons. The molecule has 1 aromatic carbocycles. The van der Waals surface area contributed by atoms with Crippen LogP contribution in [0.15, 0.2) is 34.2 Å². The molecule has 1 aliphatic rings. The molecule has 0 spiro atoms. The summed E-state index contributed by atoms with van der Waals surface area (Å²) in [6, 6.07) is 8.63. The Morgan fingerprint density at radius 3 is 2.80 bits per heavy atom. The first kappa shape index (κ1) is 10.4. The van der Waals surface area contributed by atoms with Gasteiger partial charge in [-0.3, -0.25) is 15.4 Å². The fourth-order valence-corrected chi connectivity index (χ4v) is 2.55. The highest BCUT2D eigenvalue weighted by molar-refractivity contribution is 8.14. The Morgan fingerprint density at radius 2 is 2.07 bits per heavy atom. The summed E-state index contributed by atoms with van der Waals surface area (Å²) in [6.45, 7) is 4.16. The number of aliphatic imine (C=N–C) groups is 1. The maximum Gasteiger partial charge on any atom is 0.180 e. The molecule has 4 heteroatoms. The molecular formula is C11H15N3S. The van der Waals surface area contributed by atoms with Crippen molar-refractivity contribution in [1.29, 1.82) is 0 Å². The summed E-state index contributed by atoms with van der Waals surface area (Å²) in [5, 5.41) is 2.97. The molecular weight excluding hydrogens is 206 g/mol. The third-order valence-electron chi connectivity index (χ3n) is 2.07. The number of fused-ring (bicyclic) bond motifs is 1. The molecule has 0 amide bonds. The second kappa shape index (κ2) is 4.14. The van der Waals surface area contributed by atoms with E-state index in [4.69, 9.17) is 0 Å². The summed E-state index contributed by atoms with van der Waals surface area (Å²) in [5.41, 5.74) is 4.45. The van der Waals surface area contributed by atoms with Crippen molar-refractivity contribution in [3.8, 4) is 0 Å². The number of nitrogens with zero attached hydrogens (tertiary/aromatic N) is 2. The average Bonchev–Trinajstić information content (AvgIpc) is 2.16. The van der Waals surface area contributed by atoms with E-state index in [1.165, 1.54) is 10.6 Å². The van der Waals surface area contributed by atoms with E-state index in [9.17, 15) is 0 Å². The average molecular weight is 221 g/mol. The van der Waals surface area contributed by atoms with Gasteiger partial charge in [0, 0.05) is 18.0 Å². The molecule has 0 atom stereocenters. The molecule has 0 bridgehead atoms. The highest BCUT2D eigenvalue weighted by atomic mass is 32.2. The Labute approximate surface area is 94.5 Å². The molecule has 0 saturated heterocycles. The van der Waals surface area contributed by atoms with Gasteiger partial charge >= 0.3 is 0 Å². The van der Waals surface area contributed by atoms with Crippen LogP contribution >= 0.6 is 11.8 Å². The number of hydrogen-bond acceptors (Lipinski definition) is 3. The van der Waals surface area contributed by atoms with Crippen LogP contribution in [0.25, 0.3) is 0 Å². The Balaban J connectivity index is 2.30. The van der Waals surface area contributed by atoms with Crippen LogP contribution in [-0.4, -0.2) is 18.3 Å². The lowest BCUT2D eigenvalue weighted by Crippen LogP contribution is -2.41. The highest BCUT2D eigenvalue weighted by Crippen LogP contribution is 2.32. The van der Waals surface area contributed by atoms with Crippen molar-refractivity contribution >= 4 is 22.6 Å². The van der Waals surface area contributed by atoms with E-state index >= 15 is 0 Å². The molecule has 0 aliphatic carbocycles. The number of benzene rings is 1. The van der Waals surface area contributed by atoms with Crippen molar-refractivity contribution in [2.75, 3.05) is 12.1 Å². The predicted molar refractivity (Wildman–Crippen MR) is 66.4 cm³/mol. The van der Waals surface area contributed by atoms with E-state index in [0.717, 1.165) is 5.17 Å². The summed E-state index contributed by atoms with van der Waals surface area (Å²) in [6.07, 6.45) is 0. The zero-order valence-electron chi connectivity index (χ0n) is 9.19. The first-order valence-corrected chi connectivity index (χ1v) is 5.83. The van der Waals surface area contributed by atoms with Crippen LogP contribution in [0.3, 0.4) is 0 Å². The third kappa shape index (κ3) is 2.26. The maximum absolute atomic E-state index is 4.51. The van der Waals surface area contributed by atoms with Gasteiger partial charge in [-0.15, -0.1) is 0 Å². The van der Waals surface area contributed by atoms with Gasteiger partial charge in [0.25, 0.3) is 0 Å². The smallest absolute Gasteiger partial charge is 0.180 e. The summed E-state index contributed by atoms with van der Waals surface area (Å²) >= 11 is 1.69. The van der Waals surface area contributed by atoms with Gasteiger partial charge in [0.1, 0.15) is 0 Å². The lowest BCUT2D eigenvalue weighted by Gasteiger charge is -2.29. The molecule has 0 fully saturated rings. The summed E-state index contributed by atoms with van der Waals surface area (Å²) in [5.74, 6) is 0. The van der Waals surface area contributed by atoms with Crippen molar-refractivity contribution < 1.29 is 0 Å². The van der Waals surface area contributed by atoms with Gasteiger partial charge in [0.05, 0.1) is 5.69 Å². The predicted octanol–water partition coefficient (Wildman–Crippen LogP) is 2.50.